The lowest BCUT2D eigenvalue weighted by Gasteiger charge is -2.14. The number of hydrogen-bond donors (Lipinski definition) is 6. The summed E-state index contributed by atoms with van der Waals surface area (Å²) < 4.78 is 12.6. The van der Waals surface area contributed by atoms with Crippen LogP contribution >= 0.6 is 0 Å². The number of rotatable bonds is 11. The Labute approximate surface area is 360 Å². The lowest BCUT2D eigenvalue weighted by atomic mass is 9.98. The highest BCUT2D eigenvalue weighted by molar-refractivity contribution is 5.96. The first-order valence-electron chi connectivity index (χ1n) is 19.1. The summed E-state index contributed by atoms with van der Waals surface area (Å²) in [5.74, 6) is -1.52. The second-order valence-electron chi connectivity index (χ2n) is 13.7. The molecule has 2 aliphatic rings. The molecule has 0 spiro atoms. The number of fused-ring (bicyclic) bond motifs is 7. The minimum atomic E-state index is -0.823. The van der Waals surface area contributed by atoms with Gasteiger partial charge in [-0.05, 0) is 44.5 Å². The van der Waals surface area contributed by atoms with Crippen molar-refractivity contribution in [3.05, 3.63) is 154 Å². The van der Waals surface area contributed by atoms with Crippen molar-refractivity contribution in [3.8, 4) is 22.3 Å². The molecule has 3 heterocycles. The SMILES string of the molecule is N=Nc1nc[nH]c1C(N)=O.NC(=O)c1ncn2c(=O)n(CNC(=O)OCC3c4ccccc4-c4ccccc43)nnc12.O=C=NCNC(=O)OCC1c2ccccc2-c2ccccc21. The molecule has 4 amide bonds. The summed E-state index contributed by atoms with van der Waals surface area (Å²) in [5.41, 5.74) is 24.9. The summed E-state index contributed by atoms with van der Waals surface area (Å²) in [6, 6.07) is 32.3. The van der Waals surface area contributed by atoms with Gasteiger partial charge in [0.25, 0.3) is 11.8 Å². The average Bonchev–Trinajstić information content (AvgIpc) is 4.11. The van der Waals surface area contributed by atoms with Gasteiger partial charge in [0.2, 0.25) is 11.9 Å². The van der Waals surface area contributed by atoms with Crippen molar-refractivity contribution < 1.29 is 33.4 Å². The van der Waals surface area contributed by atoms with E-state index in [-0.39, 0.29) is 61.2 Å². The van der Waals surface area contributed by atoms with Crippen molar-refractivity contribution in [2.75, 3.05) is 19.9 Å². The molecule has 322 valence electrons. The van der Waals surface area contributed by atoms with Gasteiger partial charge in [0.15, 0.2) is 17.0 Å². The molecule has 0 fully saturated rings. The number of carbonyl (C=O) groups is 4. The number of aromatic amines is 1. The van der Waals surface area contributed by atoms with Crippen LogP contribution in [-0.4, -0.2) is 84.3 Å². The number of H-pyrrole nitrogens is 1. The number of nitrogens with one attached hydrogen (secondary N) is 4. The van der Waals surface area contributed by atoms with Crippen molar-refractivity contribution in [2.24, 2.45) is 21.6 Å². The molecule has 0 radical (unpaired) electrons. The number of aromatic nitrogens is 7. The molecule has 0 unspecified atom stereocenters. The summed E-state index contributed by atoms with van der Waals surface area (Å²) in [6.45, 7) is -0.0175. The number of carbonyl (C=O) groups excluding carboxylic acids is 5. The molecule has 0 atom stereocenters. The molecule has 0 bridgehead atoms. The molecule has 22 nitrogen and oxygen atoms in total. The van der Waals surface area contributed by atoms with Gasteiger partial charge in [0.1, 0.15) is 32.9 Å². The molecule has 7 aromatic rings. The van der Waals surface area contributed by atoms with Crippen molar-refractivity contribution in [1.29, 1.82) is 5.53 Å². The van der Waals surface area contributed by atoms with Crippen molar-refractivity contribution in [3.63, 3.8) is 0 Å². The van der Waals surface area contributed by atoms with Crippen molar-refractivity contribution >= 4 is 41.5 Å². The van der Waals surface area contributed by atoms with Gasteiger partial charge in [-0.15, -0.1) is 10.2 Å². The topological polar surface area (TPSA) is 322 Å². The maximum Gasteiger partial charge on any atom is 0.408 e. The molecular formula is C42H36N14O8. The number of ether oxygens (including phenoxy) is 2. The molecule has 0 saturated heterocycles. The number of benzene rings is 4. The van der Waals surface area contributed by atoms with Crippen LogP contribution in [0.15, 0.2) is 125 Å². The summed E-state index contributed by atoms with van der Waals surface area (Å²) in [4.78, 5) is 81.0. The third-order valence-electron chi connectivity index (χ3n) is 10.0. The monoisotopic (exact) mass is 864 g/mol. The van der Waals surface area contributed by atoms with Crippen LogP contribution in [0.4, 0.5) is 15.4 Å². The number of aliphatic imine (C=N–C) groups is 1. The van der Waals surface area contributed by atoms with Gasteiger partial charge < -0.3 is 36.6 Å². The van der Waals surface area contributed by atoms with E-state index in [0.29, 0.717) is 0 Å². The number of isocyanates is 1. The van der Waals surface area contributed by atoms with Gasteiger partial charge in [0.05, 0.1) is 6.33 Å². The fourth-order valence-corrected chi connectivity index (χ4v) is 7.24. The summed E-state index contributed by atoms with van der Waals surface area (Å²) in [5, 5.41) is 15.3. The van der Waals surface area contributed by atoms with E-state index in [0.717, 1.165) is 48.8 Å². The van der Waals surface area contributed by atoms with Gasteiger partial charge in [-0.3, -0.25) is 9.59 Å². The number of imidazole rings is 2. The maximum absolute atomic E-state index is 12.5. The minimum Gasteiger partial charge on any atom is -0.449 e. The van der Waals surface area contributed by atoms with Gasteiger partial charge in [-0.1, -0.05) is 102 Å². The zero-order chi connectivity index (χ0) is 45.2. The van der Waals surface area contributed by atoms with Crippen LogP contribution in [0, 0.1) is 5.53 Å². The van der Waals surface area contributed by atoms with Crippen molar-refractivity contribution in [2.45, 2.75) is 18.5 Å². The summed E-state index contributed by atoms with van der Waals surface area (Å²) in [6.07, 6.45) is 2.43. The van der Waals surface area contributed by atoms with Gasteiger partial charge in [-0.2, -0.15) is 9.67 Å². The van der Waals surface area contributed by atoms with E-state index in [4.69, 9.17) is 26.5 Å². The largest absolute Gasteiger partial charge is 0.449 e. The molecule has 8 N–H and O–H groups in total. The Hall–Kier alpha value is -9.17. The molecule has 0 aliphatic heterocycles. The second kappa shape index (κ2) is 19.5. The van der Waals surface area contributed by atoms with Crippen LogP contribution in [-0.2, 0) is 20.9 Å². The number of amides is 4. The Morgan fingerprint density at radius 3 is 1.70 bits per heavy atom. The first kappa shape index (κ1) is 42.9. The van der Waals surface area contributed by atoms with Crippen LogP contribution in [0.3, 0.4) is 0 Å². The Balaban J connectivity index is 0.000000165. The molecule has 3 aromatic heterocycles. The summed E-state index contributed by atoms with van der Waals surface area (Å²) in [7, 11) is 0. The van der Waals surface area contributed by atoms with Crippen LogP contribution < -0.4 is 27.8 Å². The van der Waals surface area contributed by atoms with E-state index in [1.165, 1.54) is 23.5 Å². The minimum absolute atomic E-state index is 0.0208. The van der Waals surface area contributed by atoms with E-state index >= 15 is 0 Å². The van der Waals surface area contributed by atoms with E-state index in [9.17, 15) is 28.8 Å². The molecule has 64 heavy (non-hydrogen) atoms. The van der Waals surface area contributed by atoms with E-state index < -0.39 is 29.7 Å². The third-order valence-corrected chi connectivity index (χ3v) is 10.0. The molecule has 9 rings (SSSR count). The number of primary amides is 2. The summed E-state index contributed by atoms with van der Waals surface area (Å²) >= 11 is 0. The highest BCUT2D eigenvalue weighted by Gasteiger charge is 2.30. The Morgan fingerprint density at radius 1 is 0.750 bits per heavy atom. The number of hydrogen-bond acceptors (Lipinski definition) is 15. The fraction of sp³-hybridized carbons (Fsp3) is 0.143. The number of alkyl carbamates (subject to hydrolysis) is 2. The number of nitrogens with two attached hydrogens (primary N) is 2. The van der Waals surface area contributed by atoms with Gasteiger partial charge in [0, 0.05) is 11.8 Å². The van der Waals surface area contributed by atoms with E-state index in [1.807, 2.05) is 60.7 Å². The average molecular weight is 865 g/mol. The zero-order valence-electron chi connectivity index (χ0n) is 33.4. The predicted octanol–water partition coefficient (Wildman–Crippen LogP) is 3.87. The van der Waals surface area contributed by atoms with E-state index in [1.54, 1.807) is 0 Å². The molecule has 0 saturated carbocycles. The van der Waals surface area contributed by atoms with Crippen molar-refractivity contribution in [1.82, 2.24) is 45.0 Å². The quantitative estimate of drug-likeness (QED) is 0.0613. The molecular weight excluding hydrogens is 829 g/mol. The Bertz CT molecular complexity index is 2920. The third kappa shape index (κ3) is 9.11. The standard InChI is InChI=1S/C21H17N7O4.C17H14N2O3.C4H5N5O/c22-18(29)17-19-25-26-28(21(31)27(19)10-23-17)11-24-20(30)32-9-16-14-7-3-1-5-12(14)13-6-2-4-8-15(13)16;20-11-18-10-19-17(21)22-9-16-14-7-3-1-5-12(14)13-6-2-4-8-15(13)16;5-3(10)2-4(9-6)8-1-7-2/h1-8,10,16H,9,11H2,(H2,22,29)(H,24,30);1-8,16H,9-10H2,(H,19,21);1,6H,(H2,5,10)(H,7,8). The first-order chi connectivity index (χ1) is 31.1. The van der Waals surface area contributed by atoms with Gasteiger partial charge >= 0.3 is 17.9 Å². The second-order valence-corrected chi connectivity index (χ2v) is 13.7. The molecule has 22 heteroatoms. The molecule has 4 aromatic carbocycles. The lowest BCUT2D eigenvalue weighted by Crippen LogP contribution is -2.37. The Morgan fingerprint density at radius 2 is 1.25 bits per heavy atom. The zero-order valence-corrected chi connectivity index (χ0v) is 33.4. The number of nitrogens with zero attached hydrogens (tertiary/aromatic N) is 8. The van der Waals surface area contributed by atoms with Crippen LogP contribution in [0.1, 0.15) is 55.1 Å². The predicted molar refractivity (Wildman–Crippen MR) is 225 cm³/mol. The highest BCUT2D eigenvalue weighted by Crippen LogP contribution is 2.45. The molecule has 2 aliphatic carbocycles. The normalized spacial score (nSPS) is 11.8. The fourth-order valence-electron chi connectivity index (χ4n) is 7.24. The Kier molecular flexibility index (Phi) is 13.1. The maximum atomic E-state index is 12.5. The van der Waals surface area contributed by atoms with E-state index in [2.05, 4.69) is 82.4 Å². The highest BCUT2D eigenvalue weighted by atomic mass is 16.6. The smallest absolute Gasteiger partial charge is 0.408 e. The lowest BCUT2D eigenvalue weighted by molar-refractivity contribution is 0.0988. The first-order valence-corrected chi connectivity index (χ1v) is 19.1. The van der Waals surface area contributed by atoms with Crippen LogP contribution in [0.25, 0.3) is 27.9 Å². The van der Waals surface area contributed by atoms with Crippen LogP contribution in [0.5, 0.6) is 0 Å². The van der Waals surface area contributed by atoms with Gasteiger partial charge in [-0.25, -0.2) is 39.1 Å². The van der Waals surface area contributed by atoms with Crippen LogP contribution in [0.2, 0.25) is 0 Å².